The molecule has 4 rings (SSSR count). The molecule has 3 aromatic carbocycles. The van der Waals surface area contributed by atoms with Crippen LogP contribution in [0.5, 0.6) is 5.75 Å². The Kier molecular flexibility index (Phi) is 10.1. The van der Waals surface area contributed by atoms with Gasteiger partial charge in [0.1, 0.15) is 19.0 Å². The summed E-state index contributed by atoms with van der Waals surface area (Å²) in [7, 11) is -6.81. The molecule has 46 heavy (non-hydrogen) atoms. The van der Waals surface area contributed by atoms with Crippen molar-refractivity contribution >= 4 is 21.0 Å². The second kappa shape index (κ2) is 12.9. The van der Waals surface area contributed by atoms with E-state index in [-0.39, 0.29) is 11.3 Å². The van der Waals surface area contributed by atoms with Gasteiger partial charge in [0.25, 0.3) is 0 Å². The monoisotopic (exact) mass is 705 g/mol. The highest BCUT2D eigenvalue weighted by atomic mass is 32.2. The summed E-state index contributed by atoms with van der Waals surface area (Å²) in [6, 6.07) is 20.9. The predicted molar refractivity (Wildman–Crippen MR) is 147 cm³/mol. The van der Waals surface area contributed by atoms with Gasteiger partial charge in [-0.05, 0) is 67.6 Å². The molecule has 1 aliphatic heterocycles. The molecule has 2 unspecified atom stereocenters. The summed E-state index contributed by atoms with van der Waals surface area (Å²) in [4.78, 5) is 2.11. The van der Waals surface area contributed by atoms with Crippen molar-refractivity contribution in [2.45, 2.75) is 63.0 Å². The average Bonchev–Trinajstić information content (AvgIpc) is 3.00. The Balaban J connectivity index is 1.55. The SMILES string of the molecule is CC1(c2ccc([S+](c3ccccc3)c3ccc(OCCC(F)C(F)(F)S(=O)(=O)O)cc3)cc2)OCC(F)(F)C(F)(F)C(F)(F)CO1. The third-order valence-corrected chi connectivity index (χ3v) is 10.2. The van der Waals surface area contributed by atoms with E-state index >= 15 is 0 Å². The zero-order chi connectivity index (χ0) is 34.2. The third kappa shape index (κ3) is 7.12. The first-order valence-electron chi connectivity index (χ1n) is 13.2. The van der Waals surface area contributed by atoms with Crippen molar-refractivity contribution in [2.24, 2.45) is 0 Å². The number of ether oxygens (including phenoxy) is 3. The normalized spacial score (nSPS) is 20.6. The molecular weight excluding hydrogens is 679 g/mol. The standard InChI is InChI=1S/C29H25F9O6S2/c1-25(43-17-26(31,32)29(37,38)27(33,34)18-44-25)19-7-11-22(12-8-19)45(21-5-3-2-4-6-21)23-13-9-20(10-14-23)42-16-15-24(30)28(35,36)46(39,40)41/h2-14,24H,15-18H2,1H3/p+1. The molecule has 1 aliphatic rings. The smallest absolute Gasteiger partial charge is 0.400 e. The van der Waals surface area contributed by atoms with Gasteiger partial charge in [-0.15, -0.1) is 0 Å². The van der Waals surface area contributed by atoms with E-state index in [1.54, 1.807) is 42.5 Å². The van der Waals surface area contributed by atoms with E-state index in [2.05, 4.69) is 0 Å². The minimum atomic E-state index is -5.96. The highest BCUT2D eigenvalue weighted by Crippen LogP contribution is 2.49. The quantitative estimate of drug-likeness (QED) is 0.134. The van der Waals surface area contributed by atoms with E-state index in [0.29, 0.717) is 9.79 Å². The molecule has 0 aliphatic carbocycles. The Morgan fingerprint density at radius 2 is 1.28 bits per heavy atom. The molecule has 0 spiro atoms. The molecule has 0 aromatic heterocycles. The third-order valence-electron chi connectivity index (χ3n) is 6.98. The van der Waals surface area contributed by atoms with Crippen molar-refractivity contribution in [3.05, 3.63) is 84.4 Å². The van der Waals surface area contributed by atoms with Gasteiger partial charge in [0.2, 0.25) is 0 Å². The predicted octanol–water partition coefficient (Wildman–Crippen LogP) is 7.50. The first-order chi connectivity index (χ1) is 21.2. The van der Waals surface area contributed by atoms with Crippen LogP contribution < -0.4 is 4.74 Å². The minimum absolute atomic E-state index is 0.000770. The van der Waals surface area contributed by atoms with Crippen molar-refractivity contribution in [3.8, 4) is 5.75 Å². The maximum atomic E-state index is 14.0. The molecule has 3 aromatic rings. The topological polar surface area (TPSA) is 82.1 Å². The van der Waals surface area contributed by atoms with Crippen LogP contribution in [-0.4, -0.2) is 62.0 Å². The Morgan fingerprint density at radius 3 is 1.76 bits per heavy atom. The molecule has 252 valence electrons. The molecule has 0 radical (unpaired) electrons. The van der Waals surface area contributed by atoms with Gasteiger partial charge in [0, 0.05) is 12.0 Å². The summed E-state index contributed by atoms with van der Waals surface area (Å²) in [6.45, 7) is -3.66. The Morgan fingerprint density at radius 1 is 0.826 bits per heavy atom. The molecule has 6 nitrogen and oxygen atoms in total. The van der Waals surface area contributed by atoms with Crippen LogP contribution >= 0.6 is 0 Å². The van der Waals surface area contributed by atoms with Crippen molar-refractivity contribution < 1.29 is 66.7 Å². The van der Waals surface area contributed by atoms with E-state index < -0.39 is 82.2 Å². The molecule has 1 saturated heterocycles. The van der Waals surface area contributed by atoms with Crippen LogP contribution in [0.4, 0.5) is 39.5 Å². The van der Waals surface area contributed by atoms with E-state index in [1.807, 2.05) is 12.1 Å². The van der Waals surface area contributed by atoms with Crippen LogP contribution in [0.15, 0.2) is 93.5 Å². The number of benzene rings is 3. The van der Waals surface area contributed by atoms with Crippen LogP contribution in [0.1, 0.15) is 18.9 Å². The summed E-state index contributed by atoms with van der Waals surface area (Å²) in [5, 5.41) is -5.00. The molecule has 2 atom stereocenters. The molecule has 0 bridgehead atoms. The summed E-state index contributed by atoms with van der Waals surface area (Å²) in [5.74, 6) is -18.2. The van der Waals surface area contributed by atoms with Crippen LogP contribution in [0, 0.1) is 0 Å². The maximum Gasteiger partial charge on any atom is 0.400 e. The first kappa shape index (κ1) is 35.9. The van der Waals surface area contributed by atoms with Crippen molar-refractivity contribution in [1.82, 2.24) is 0 Å². The molecule has 1 N–H and O–H groups in total. The van der Waals surface area contributed by atoms with Gasteiger partial charge < -0.3 is 14.2 Å². The van der Waals surface area contributed by atoms with E-state index in [4.69, 9.17) is 18.8 Å². The van der Waals surface area contributed by atoms with Gasteiger partial charge in [-0.25, -0.2) is 4.39 Å². The zero-order valence-corrected chi connectivity index (χ0v) is 25.3. The highest BCUT2D eigenvalue weighted by Gasteiger charge is 2.73. The van der Waals surface area contributed by atoms with E-state index in [9.17, 15) is 47.9 Å². The number of alkyl halides is 9. The average molecular weight is 706 g/mol. The Bertz CT molecular complexity index is 1570. The first-order valence-corrected chi connectivity index (χ1v) is 15.9. The van der Waals surface area contributed by atoms with E-state index in [1.165, 1.54) is 24.3 Å². The summed E-state index contributed by atoms with van der Waals surface area (Å²) in [5.41, 5.74) is -0.000770. The fourth-order valence-electron chi connectivity index (χ4n) is 4.25. The van der Waals surface area contributed by atoms with Crippen LogP contribution in [0.3, 0.4) is 0 Å². The van der Waals surface area contributed by atoms with Gasteiger partial charge in [-0.3, -0.25) is 4.55 Å². The summed E-state index contributed by atoms with van der Waals surface area (Å²) < 4.78 is 169. The van der Waals surface area contributed by atoms with Gasteiger partial charge >= 0.3 is 33.1 Å². The van der Waals surface area contributed by atoms with E-state index in [0.717, 1.165) is 11.8 Å². The highest BCUT2D eigenvalue weighted by molar-refractivity contribution is 7.97. The fourth-order valence-corrected chi connectivity index (χ4v) is 6.76. The molecule has 1 heterocycles. The van der Waals surface area contributed by atoms with Gasteiger partial charge in [0.15, 0.2) is 26.6 Å². The van der Waals surface area contributed by atoms with Gasteiger partial charge in [-0.2, -0.15) is 43.5 Å². The lowest BCUT2D eigenvalue weighted by atomic mass is 10.0. The molecule has 1 fully saturated rings. The van der Waals surface area contributed by atoms with Gasteiger partial charge in [0.05, 0.1) is 17.5 Å². The molecule has 0 saturated carbocycles. The zero-order valence-electron chi connectivity index (χ0n) is 23.6. The maximum absolute atomic E-state index is 14.0. The van der Waals surface area contributed by atoms with Crippen molar-refractivity contribution in [2.75, 3.05) is 19.8 Å². The molecule has 17 heteroatoms. The Hall–Kier alpha value is -2.99. The lowest BCUT2D eigenvalue weighted by molar-refractivity contribution is -0.387. The number of halogens is 9. The van der Waals surface area contributed by atoms with Crippen molar-refractivity contribution in [3.63, 3.8) is 0 Å². The van der Waals surface area contributed by atoms with Crippen LogP contribution in [0.25, 0.3) is 0 Å². The second-order valence-electron chi connectivity index (χ2n) is 10.3. The molecule has 0 amide bonds. The lowest BCUT2D eigenvalue weighted by Gasteiger charge is -2.40. The molecular formula is C29H26F9O6S2+. The van der Waals surface area contributed by atoms with Gasteiger partial charge in [-0.1, -0.05) is 18.2 Å². The fraction of sp³-hybridized carbons (Fsp3) is 0.379. The van der Waals surface area contributed by atoms with Crippen LogP contribution in [-0.2, 0) is 36.3 Å². The second-order valence-corrected chi connectivity index (χ2v) is 13.8. The number of hydrogen-bond donors (Lipinski definition) is 1. The number of rotatable bonds is 10. The lowest BCUT2D eigenvalue weighted by Crippen LogP contribution is -2.61. The largest absolute Gasteiger partial charge is 0.493 e. The van der Waals surface area contributed by atoms with Crippen LogP contribution in [0.2, 0.25) is 0 Å². The minimum Gasteiger partial charge on any atom is -0.493 e. The number of hydrogen-bond acceptors (Lipinski definition) is 5. The summed E-state index contributed by atoms with van der Waals surface area (Å²) >= 11 is 0. The summed E-state index contributed by atoms with van der Waals surface area (Å²) in [6.07, 6.45) is -4.26. The Labute approximate surface area is 260 Å². The van der Waals surface area contributed by atoms with Crippen molar-refractivity contribution in [1.29, 1.82) is 0 Å².